The zero-order valence-electron chi connectivity index (χ0n) is 21.6. The van der Waals surface area contributed by atoms with Crippen molar-refractivity contribution in [3.63, 3.8) is 0 Å². The van der Waals surface area contributed by atoms with Crippen LogP contribution in [0.3, 0.4) is 0 Å². The van der Waals surface area contributed by atoms with Crippen LogP contribution in [0.4, 0.5) is 17.2 Å². The number of aromatic nitrogens is 2. The van der Waals surface area contributed by atoms with E-state index < -0.39 is 0 Å². The molecule has 0 unspecified atom stereocenters. The molecule has 1 saturated heterocycles. The van der Waals surface area contributed by atoms with Crippen LogP contribution in [-0.2, 0) is 9.53 Å². The van der Waals surface area contributed by atoms with Crippen molar-refractivity contribution in [2.75, 3.05) is 36.9 Å². The van der Waals surface area contributed by atoms with Gasteiger partial charge in [0.25, 0.3) is 5.91 Å². The first-order chi connectivity index (χ1) is 19.6. The van der Waals surface area contributed by atoms with Crippen LogP contribution in [0.2, 0.25) is 0 Å². The Morgan fingerprint density at radius 1 is 0.850 bits per heavy atom. The van der Waals surface area contributed by atoms with Crippen LogP contribution < -0.4 is 20.1 Å². The molecule has 0 radical (unpaired) electrons. The topological polar surface area (TPSA) is 115 Å². The molecule has 4 aromatic rings. The standard InChI is InChI=1S/C30H27N5O5/c1-2-28(36)34-23-17-21(30(37)35-12-14-38-15-13-35)16-22(18-23)33-27-19-29(32-20-31-27)40-26-10-8-25(9-11-26)39-24-6-4-3-5-7-24/h2-11,16-20H,1,12-15H2,(H,34,36)(H,31,32,33). The van der Waals surface area contributed by atoms with Crippen LogP contribution in [-0.4, -0.2) is 53.0 Å². The first-order valence-corrected chi connectivity index (χ1v) is 12.6. The number of anilines is 3. The summed E-state index contributed by atoms with van der Waals surface area (Å²) in [6.07, 6.45) is 2.53. The Morgan fingerprint density at radius 2 is 1.52 bits per heavy atom. The van der Waals surface area contributed by atoms with Crippen molar-refractivity contribution in [2.45, 2.75) is 0 Å². The number of carbonyl (C=O) groups is 2. The molecule has 1 aliphatic rings. The summed E-state index contributed by atoms with van der Waals surface area (Å²) in [6.45, 7) is 5.45. The highest BCUT2D eigenvalue weighted by Gasteiger charge is 2.20. The molecular weight excluding hydrogens is 510 g/mol. The summed E-state index contributed by atoms with van der Waals surface area (Å²) in [5, 5.41) is 5.89. The van der Waals surface area contributed by atoms with E-state index in [1.807, 2.05) is 30.3 Å². The lowest BCUT2D eigenvalue weighted by molar-refractivity contribution is -0.111. The minimum atomic E-state index is -0.389. The zero-order chi connectivity index (χ0) is 27.7. The van der Waals surface area contributed by atoms with E-state index in [-0.39, 0.29) is 11.8 Å². The van der Waals surface area contributed by atoms with Gasteiger partial charge in [-0.1, -0.05) is 24.8 Å². The van der Waals surface area contributed by atoms with Crippen LogP contribution >= 0.6 is 0 Å². The fourth-order valence-corrected chi connectivity index (χ4v) is 3.97. The Labute approximate surface area is 231 Å². The summed E-state index contributed by atoms with van der Waals surface area (Å²) >= 11 is 0. The third-order valence-electron chi connectivity index (χ3n) is 5.87. The van der Waals surface area contributed by atoms with Crippen molar-refractivity contribution < 1.29 is 23.8 Å². The summed E-state index contributed by atoms with van der Waals surface area (Å²) in [4.78, 5) is 35.3. The molecule has 202 valence electrons. The second-order valence-electron chi connectivity index (χ2n) is 8.75. The Morgan fingerprint density at radius 3 is 2.25 bits per heavy atom. The van der Waals surface area contributed by atoms with E-state index in [1.165, 1.54) is 6.33 Å². The molecule has 0 atom stereocenters. The van der Waals surface area contributed by atoms with Gasteiger partial charge in [0.15, 0.2) is 0 Å². The van der Waals surface area contributed by atoms with Crippen molar-refractivity contribution in [1.29, 1.82) is 0 Å². The van der Waals surface area contributed by atoms with Crippen molar-refractivity contribution in [3.05, 3.63) is 103 Å². The van der Waals surface area contributed by atoms with E-state index in [4.69, 9.17) is 14.2 Å². The predicted molar refractivity (Wildman–Crippen MR) is 150 cm³/mol. The molecule has 2 heterocycles. The number of amides is 2. The highest BCUT2D eigenvalue weighted by Crippen LogP contribution is 2.28. The van der Waals surface area contributed by atoms with Gasteiger partial charge in [-0.25, -0.2) is 9.97 Å². The van der Waals surface area contributed by atoms with Gasteiger partial charge >= 0.3 is 0 Å². The first-order valence-electron chi connectivity index (χ1n) is 12.6. The molecule has 0 bridgehead atoms. The molecule has 10 nitrogen and oxygen atoms in total. The maximum Gasteiger partial charge on any atom is 0.254 e. The van der Waals surface area contributed by atoms with E-state index in [2.05, 4.69) is 27.2 Å². The van der Waals surface area contributed by atoms with Crippen molar-refractivity contribution in [2.24, 2.45) is 0 Å². The maximum atomic E-state index is 13.2. The largest absolute Gasteiger partial charge is 0.457 e. The van der Waals surface area contributed by atoms with E-state index >= 15 is 0 Å². The normalized spacial score (nSPS) is 12.8. The summed E-state index contributed by atoms with van der Waals surface area (Å²) in [5.41, 5.74) is 1.40. The van der Waals surface area contributed by atoms with E-state index in [9.17, 15) is 9.59 Å². The number of hydrogen-bond donors (Lipinski definition) is 2. The smallest absolute Gasteiger partial charge is 0.254 e. The number of nitrogens with zero attached hydrogens (tertiary/aromatic N) is 3. The number of hydrogen-bond acceptors (Lipinski definition) is 8. The minimum Gasteiger partial charge on any atom is -0.457 e. The van der Waals surface area contributed by atoms with E-state index in [1.54, 1.807) is 53.4 Å². The quantitative estimate of drug-likeness (QED) is 0.273. The van der Waals surface area contributed by atoms with Gasteiger partial charge in [0.1, 0.15) is 29.4 Å². The number of benzene rings is 3. The molecule has 3 aromatic carbocycles. The molecule has 1 aliphatic heterocycles. The highest BCUT2D eigenvalue weighted by molar-refractivity contribution is 6.02. The molecule has 2 N–H and O–H groups in total. The van der Waals surface area contributed by atoms with Crippen LogP contribution in [0.5, 0.6) is 23.1 Å². The van der Waals surface area contributed by atoms with Gasteiger partial charge in [0.05, 0.1) is 13.2 Å². The van der Waals surface area contributed by atoms with Crippen molar-refractivity contribution in [1.82, 2.24) is 14.9 Å². The van der Waals surface area contributed by atoms with Crippen LogP contribution in [0.15, 0.2) is 97.8 Å². The fourth-order valence-electron chi connectivity index (χ4n) is 3.97. The number of morpholine rings is 1. The van der Waals surface area contributed by atoms with E-state index in [0.29, 0.717) is 66.4 Å². The number of nitrogens with one attached hydrogen (secondary N) is 2. The monoisotopic (exact) mass is 537 g/mol. The van der Waals surface area contributed by atoms with Gasteiger partial charge in [-0.2, -0.15) is 0 Å². The average molecular weight is 538 g/mol. The summed E-state index contributed by atoms with van der Waals surface area (Å²) < 4.78 is 17.1. The van der Waals surface area contributed by atoms with Gasteiger partial charge in [-0.15, -0.1) is 0 Å². The van der Waals surface area contributed by atoms with Gasteiger partial charge in [0.2, 0.25) is 11.8 Å². The Bertz CT molecular complexity index is 1490. The van der Waals surface area contributed by atoms with Crippen LogP contribution in [0, 0.1) is 0 Å². The molecule has 2 amide bonds. The van der Waals surface area contributed by atoms with Crippen LogP contribution in [0.1, 0.15) is 10.4 Å². The maximum absolute atomic E-state index is 13.2. The van der Waals surface area contributed by atoms with Gasteiger partial charge in [-0.3, -0.25) is 9.59 Å². The second kappa shape index (κ2) is 12.5. The third kappa shape index (κ3) is 7.00. The van der Waals surface area contributed by atoms with Gasteiger partial charge in [0, 0.05) is 36.1 Å². The Balaban J connectivity index is 1.31. The molecular formula is C30H27N5O5. The average Bonchev–Trinajstić information content (AvgIpc) is 2.99. The molecule has 0 saturated carbocycles. The minimum absolute atomic E-state index is 0.160. The van der Waals surface area contributed by atoms with Gasteiger partial charge < -0.3 is 29.7 Å². The third-order valence-corrected chi connectivity index (χ3v) is 5.87. The first kappa shape index (κ1) is 26.4. The Hall–Kier alpha value is -5.22. The lowest BCUT2D eigenvalue weighted by Crippen LogP contribution is -2.40. The molecule has 0 spiro atoms. The van der Waals surface area contributed by atoms with Crippen molar-refractivity contribution >= 4 is 29.0 Å². The molecule has 1 aromatic heterocycles. The summed E-state index contributed by atoms with van der Waals surface area (Å²) in [7, 11) is 0. The van der Waals surface area contributed by atoms with Gasteiger partial charge in [-0.05, 0) is 60.7 Å². The summed E-state index contributed by atoms with van der Waals surface area (Å²) in [6, 6.07) is 23.3. The van der Waals surface area contributed by atoms with Crippen LogP contribution in [0.25, 0.3) is 0 Å². The Kier molecular flexibility index (Phi) is 8.28. The summed E-state index contributed by atoms with van der Waals surface area (Å²) in [5.74, 6) is 2.19. The highest BCUT2D eigenvalue weighted by atomic mass is 16.5. The number of rotatable bonds is 9. The molecule has 1 fully saturated rings. The lowest BCUT2D eigenvalue weighted by Gasteiger charge is -2.27. The molecule has 5 rings (SSSR count). The number of para-hydroxylation sites is 1. The number of carbonyl (C=O) groups excluding carboxylic acids is 2. The van der Waals surface area contributed by atoms with E-state index in [0.717, 1.165) is 11.8 Å². The fraction of sp³-hybridized carbons (Fsp3) is 0.133. The lowest BCUT2D eigenvalue weighted by atomic mass is 10.1. The molecule has 0 aliphatic carbocycles. The second-order valence-corrected chi connectivity index (χ2v) is 8.75. The number of ether oxygens (including phenoxy) is 3. The van der Waals surface area contributed by atoms with Crippen molar-refractivity contribution in [3.8, 4) is 23.1 Å². The SMILES string of the molecule is C=CC(=O)Nc1cc(Nc2cc(Oc3ccc(Oc4ccccc4)cc3)ncn2)cc(C(=O)N2CCOCC2)c1. The molecule has 10 heteroatoms. The predicted octanol–water partition coefficient (Wildman–Crippen LogP) is 5.40. The molecule has 40 heavy (non-hydrogen) atoms. The zero-order valence-corrected chi connectivity index (χ0v) is 21.6.